The van der Waals surface area contributed by atoms with Crippen LogP contribution < -0.4 is 10.1 Å². The summed E-state index contributed by atoms with van der Waals surface area (Å²) in [7, 11) is 0. The van der Waals surface area contributed by atoms with Gasteiger partial charge in [0.25, 0.3) is 0 Å². The summed E-state index contributed by atoms with van der Waals surface area (Å²) in [6, 6.07) is 25.3. The number of hydrogen-bond donors (Lipinski definition) is 4. The number of aromatic nitrogens is 1. The molecule has 0 bridgehead atoms. The summed E-state index contributed by atoms with van der Waals surface area (Å²) in [5, 5.41) is 30.0. The molecule has 8 heteroatoms. The minimum Gasteiger partial charge on any atom is -0.492 e. The first-order valence-corrected chi connectivity index (χ1v) is 11.1. The van der Waals surface area contributed by atoms with Gasteiger partial charge in [-0.25, -0.2) is 9.59 Å². The highest BCUT2D eigenvalue weighted by Gasteiger charge is 2.14. The average molecular weight is 477 g/mol. The Kier molecular flexibility index (Phi) is 9.41. The van der Waals surface area contributed by atoms with E-state index in [1.807, 2.05) is 12.1 Å². The molecule has 0 aliphatic heterocycles. The Balaban J connectivity index is 0.000000371. The topological polar surface area (TPSA) is 121 Å². The fraction of sp³-hybridized carbons (Fsp3) is 0.185. The Hall–Kier alpha value is -4.14. The first kappa shape index (κ1) is 25.5. The number of carbonyl (C=O) groups is 2. The number of carboxylic acid groups (broad SMARTS) is 2. The number of rotatable bonds is 10. The van der Waals surface area contributed by atoms with Crippen molar-refractivity contribution in [3.63, 3.8) is 0 Å². The number of nitrogens with zero attached hydrogens (tertiary/aromatic N) is 1. The van der Waals surface area contributed by atoms with Crippen molar-refractivity contribution in [2.75, 3.05) is 26.3 Å². The van der Waals surface area contributed by atoms with Crippen LogP contribution in [0, 0.1) is 0 Å². The summed E-state index contributed by atoms with van der Waals surface area (Å²) in [6.07, 6.45) is 1.12. The molecule has 0 amide bonds. The van der Waals surface area contributed by atoms with Gasteiger partial charge in [-0.15, -0.1) is 0 Å². The highest BCUT2D eigenvalue weighted by Crippen LogP contribution is 2.36. The number of aliphatic carboxylic acids is 2. The molecule has 0 saturated heterocycles. The molecule has 0 aliphatic rings. The molecule has 0 spiro atoms. The van der Waals surface area contributed by atoms with E-state index in [1.54, 1.807) is 0 Å². The second-order valence-corrected chi connectivity index (χ2v) is 7.57. The number of carboxylic acids is 2. The molecule has 35 heavy (non-hydrogen) atoms. The summed E-state index contributed by atoms with van der Waals surface area (Å²) in [4.78, 5) is 19.1. The van der Waals surface area contributed by atoms with Crippen LogP contribution in [-0.2, 0) is 16.1 Å². The van der Waals surface area contributed by atoms with Gasteiger partial charge in [-0.05, 0) is 23.8 Å². The third-order valence-electron chi connectivity index (χ3n) is 5.14. The van der Waals surface area contributed by atoms with E-state index < -0.39 is 11.9 Å². The maximum atomic E-state index is 9.55. The Bertz CT molecular complexity index is 1280. The van der Waals surface area contributed by atoms with Gasteiger partial charge in [-0.1, -0.05) is 54.6 Å². The van der Waals surface area contributed by atoms with Crippen LogP contribution in [0.4, 0.5) is 0 Å². The lowest BCUT2D eigenvalue weighted by atomic mass is 10.1. The van der Waals surface area contributed by atoms with Crippen LogP contribution in [0.3, 0.4) is 0 Å². The predicted octanol–water partition coefficient (Wildman–Crippen LogP) is 3.52. The van der Waals surface area contributed by atoms with Crippen molar-refractivity contribution < 1.29 is 29.6 Å². The molecule has 0 fully saturated rings. The van der Waals surface area contributed by atoms with E-state index in [4.69, 9.17) is 20.1 Å². The minimum atomic E-state index is -1.26. The van der Waals surface area contributed by atoms with Crippen molar-refractivity contribution in [2.45, 2.75) is 6.54 Å². The van der Waals surface area contributed by atoms with Gasteiger partial charge in [-0.3, -0.25) is 0 Å². The Morgan fingerprint density at radius 1 is 0.829 bits per heavy atom. The monoisotopic (exact) mass is 476 g/mol. The summed E-state index contributed by atoms with van der Waals surface area (Å²) in [5.41, 5.74) is 3.67. The van der Waals surface area contributed by atoms with Gasteiger partial charge in [0.1, 0.15) is 12.4 Å². The maximum Gasteiger partial charge on any atom is 0.328 e. The molecule has 0 atom stereocenters. The highest BCUT2D eigenvalue weighted by atomic mass is 16.5. The number of para-hydroxylation sites is 1. The zero-order valence-corrected chi connectivity index (χ0v) is 19.1. The Morgan fingerprint density at radius 3 is 2.17 bits per heavy atom. The fourth-order valence-corrected chi connectivity index (χ4v) is 3.70. The van der Waals surface area contributed by atoms with Crippen LogP contribution in [0.15, 0.2) is 84.9 Å². The minimum absolute atomic E-state index is 0.141. The first-order chi connectivity index (χ1) is 17.0. The smallest absolute Gasteiger partial charge is 0.328 e. The molecule has 0 aliphatic carbocycles. The quantitative estimate of drug-likeness (QED) is 0.204. The van der Waals surface area contributed by atoms with Crippen molar-refractivity contribution >= 4 is 33.7 Å². The maximum absolute atomic E-state index is 9.55. The van der Waals surface area contributed by atoms with Gasteiger partial charge < -0.3 is 29.9 Å². The van der Waals surface area contributed by atoms with E-state index in [9.17, 15) is 9.59 Å². The molecule has 182 valence electrons. The number of aliphatic hydroxyl groups excluding tert-OH is 1. The van der Waals surface area contributed by atoms with E-state index >= 15 is 0 Å². The van der Waals surface area contributed by atoms with Gasteiger partial charge in [0.2, 0.25) is 0 Å². The van der Waals surface area contributed by atoms with Gasteiger partial charge in [-0.2, -0.15) is 0 Å². The van der Waals surface area contributed by atoms with Crippen LogP contribution in [0.25, 0.3) is 21.8 Å². The molecule has 4 N–H and O–H groups in total. The number of nitrogens with one attached hydrogen (secondary N) is 1. The van der Waals surface area contributed by atoms with Crippen molar-refractivity contribution in [2.24, 2.45) is 0 Å². The molecule has 8 nitrogen and oxygen atoms in total. The van der Waals surface area contributed by atoms with E-state index in [0.717, 1.165) is 17.7 Å². The summed E-state index contributed by atoms with van der Waals surface area (Å²) >= 11 is 0. The lowest BCUT2D eigenvalue weighted by Gasteiger charge is -2.10. The predicted molar refractivity (Wildman–Crippen MR) is 135 cm³/mol. The van der Waals surface area contributed by atoms with E-state index in [-0.39, 0.29) is 6.61 Å². The number of hydrogen-bond acceptors (Lipinski definition) is 5. The molecule has 0 radical (unpaired) electrons. The van der Waals surface area contributed by atoms with Gasteiger partial charge in [0.15, 0.2) is 0 Å². The van der Waals surface area contributed by atoms with Crippen LogP contribution in [0.1, 0.15) is 5.56 Å². The summed E-state index contributed by atoms with van der Waals surface area (Å²) < 4.78 is 8.44. The van der Waals surface area contributed by atoms with E-state index in [2.05, 4.69) is 70.5 Å². The van der Waals surface area contributed by atoms with Crippen LogP contribution in [0.5, 0.6) is 5.75 Å². The molecule has 3 aromatic carbocycles. The molecule has 1 heterocycles. The molecule has 0 saturated carbocycles. The van der Waals surface area contributed by atoms with Crippen molar-refractivity contribution in [3.8, 4) is 5.75 Å². The zero-order chi connectivity index (χ0) is 25.0. The Labute approximate surface area is 202 Å². The van der Waals surface area contributed by atoms with Gasteiger partial charge in [0.05, 0.1) is 12.1 Å². The van der Waals surface area contributed by atoms with E-state index in [1.165, 1.54) is 22.0 Å². The SMILES string of the molecule is O=C(O)/C=C/C(=O)O.OCCNCCOc1cccc2c1c1ccccc1n2Cc1ccccc1. The molecular formula is C27H28N2O6. The highest BCUT2D eigenvalue weighted by molar-refractivity contribution is 6.11. The standard InChI is InChI=1S/C23H24N2O2.C4H4O4/c26-15-13-24-14-16-27-22-12-6-11-21-23(22)19-9-4-5-10-20(19)25(21)17-18-7-2-1-3-8-18;5-3(6)1-2-4(7)8/h1-12,24,26H,13-17H2;1-2H,(H,5,6)(H,7,8)/b;2-1+. The average Bonchev–Trinajstić information content (AvgIpc) is 3.18. The molecule has 4 rings (SSSR count). The van der Waals surface area contributed by atoms with Crippen molar-refractivity contribution in [3.05, 3.63) is 90.5 Å². The zero-order valence-electron chi connectivity index (χ0n) is 19.1. The number of fused-ring (bicyclic) bond motifs is 3. The normalized spacial score (nSPS) is 10.9. The van der Waals surface area contributed by atoms with Crippen LogP contribution in [0.2, 0.25) is 0 Å². The van der Waals surface area contributed by atoms with Crippen molar-refractivity contribution in [1.29, 1.82) is 0 Å². The lowest BCUT2D eigenvalue weighted by Crippen LogP contribution is -2.23. The number of benzene rings is 3. The molecule has 4 aromatic rings. The molecular weight excluding hydrogens is 448 g/mol. The molecule has 1 aromatic heterocycles. The second-order valence-electron chi connectivity index (χ2n) is 7.57. The van der Waals surface area contributed by atoms with Gasteiger partial charge in [0, 0.05) is 48.1 Å². The summed E-state index contributed by atoms with van der Waals surface area (Å²) in [6.45, 7) is 2.83. The third-order valence-corrected chi connectivity index (χ3v) is 5.14. The van der Waals surface area contributed by atoms with Crippen LogP contribution >= 0.6 is 0 Å². The fourth-order valence-electron chi connectivity index (χ4n) is 3.70. The molecule has 0 unspecified atom stereocenters. The lowest BCUT2D eigenvalue weighted by molar-refractivity contribution is -0.134. The Morgan fingerprint density at radius 2 is 1.49 bits per heavy atom. The number of aliphatic hydroxyl groups is 1. The second kappa shape index (κ2) is 12.9. The number of ether oxygens (including phenoxy) is 1. The first-order valence-electron chi connectivity index (χ1n) is 11.1. The van der Waals surface area contributed by atoms with Gasteiger partial charge >= 0.3 is 11.9 Å². The largest absolute Gasteiger partial charge is 0.492 e. The van der Waals surface area contributed by atoms with Crippen molar-refractivity contribution in [1.82, 2.24) is 9.88 Å². The summed E-state index contributed by atoms with van der Waals surface area (Å²) in [5.74, 6) is -1.61. The third kappa shape index (κ3) is 7.17. The van der Waals surface area contributed by atoms with E-state index in [0.29, 0.717) is 31.8 Å². The van der Waals surface area contributed by atoms with Crippen LogP contribution in [-0.4, -0.2) is 58.1 Å².